The van der Waals surface area contributed by atoms with Crippen LogP contribution in [0.4, 0.5) is 9.18 Å². The van der Waals surface area contributed by atoms with E-state index >= 15 is 4.39 Å². The van der Waals surface area contributed by atoms with Gasteiger partial charge in [-0.25, -0.2) is 9.18 Å². The number of hydrogen-bond acceptors (Lipinski definition) is 5. The summed E-state index contributed by atoms with van der Waals surface area (Å²) in [7, 11) is 2.11. The second kappa shape index (κ2) is 8.69. The highest BCUT2D eigenvalue weighted by molar-refractivity contribution is 5.93. The first-order valence-corrected chi connectivity index (χ1v) is 13.5. The Hall–Kier alpha value is -2.66. The van der Waals surface area contributed by atoms with Gasteiger partial charge in [0.1, 0.15) is 23.5 Å². The number of hydrogen-bond donors (Lipinski definition) is 1. The number of nitriles is 1. The van der Waals surface area contributed by atoms with Crippen LogP contribution in [-0.4, -0.2) is 65.2 Å². The summed E-state index contributed by atoms with van der Waals surface area (Å²) in [5, 5.41) is 12.6. The van der Waals surface area contributed by atoms with Crippen molar-refractivity contribution in [2.24, 2.45) is 5.41 Å². The zero-order valence-electron chi connectivity index (χ0n) is 22.7. The van der Waals surface area contributed by atoms with Gasteiger partial charge in [0.05, 0.1) is 11.6 Å². The molecule has 0 spiro atoms. The summed E-state index contributed by atoms with van der Waals surface area (Å²) in [6, 6.07) is 6.28. The van der Waals surface area contributed by atoms with Gasteiger partial charge >= 0.3 is 6.09 Å². The largest absolute Gasteiger partial charge is 0.444 e. The van der Waals surface area contributed by atoms with E-state index < -0.39 is 23.8 Å². The summed E-state index contributed by atoms with van der Waals surface area (Å²) >= 11 is 0. The molecule has 0 aromatic heterocycles. The molecule has 4 fully saturated rings. The van der Waals surface area contributed by atoms with Gasteiger partial charge in [-0.1, -0.05) is 19.1 Å². The van der Waals surface area contributed by atoms with Crippen molar-refractivity contribution in [1.82, 2.24) is 15.1 Å². The number of nitrogens with zero attached hydrogens (tertiary/aromatic N) is 3. The average Bonchev–Trinajstić information content (AvgIpc) is 3.15. The van der Waals surface area contributed by atoms with Crippen molar-refractivity contribution in [3.8, 4) is 6.07 Å². The molecule has 5 rings (SSSR count). The minimum atomic E-state index is -0.760. The third-order valence-electron chi connectivity index (χ3n) is 9.49. The summed E-state index contributed by atoms with van der Waals surface area (Å²) in [4.78, 5) is 30.0. The number of piperidine rings is 2. The van der Waals surface area contributed by atoms with Gasteiger partial charge in [0.25, 0.3) is 0 Å². The van der Waals surface area contributed by atoms with Gasteiger partial charge < -0.3 is 15.0 Å². The van der Waals surface area contributed by atoms with Crippen LogP contribution >= 0.6 is 0 Å². The molecule has 2 amide bonds. The Labute approximate surface area is 219 Å². The number of ether oxygens (including phenoxy) is 1. The molecule has 7 nitrogen and oxygen atoms in total. The topological polar surface area (TPSA) is 85.7 Å². The molecule has 2 saturated carbocycles. The molecule has 0 bridgehead atoms. The quantitative estimate of drug-likeness (QED) is 0.617. The molecular formula is C29H39FN4O3. The van der Waals surface area contributed by atoms with Crippen LogP contribution in [0.5, 0.6) is 0 Å². The molecular weight excluding hydrogens is 471 g/mol. The van der Waals surface area contributed by atoms with Crippen LogP contribution in [0.3, 0.4) is 0 Å². The Morgan fingerprint density at radius 1 is 1.24 bits per heavy atom. The van der Waals surface area contributed by atoms with E-state index in [-0.39, 0.29) is 28.1 Å². The summed E-state index contributed by atoms with van der Waals surface area (Å²) in [5.74, 6) is -0.567. The summed E-state index contributed by atoms with van der Waals surface area (Å²) < 4.78 is 20.6. The lowest BCUT2D eigenvalue weighted by Crippen LogP contribution is -2.75. The van der Waals surface area contributed by atoms with Gasteiger partial charge in [0, 0.05) is 5.41 Å². The SMILES string of the molecule is CN1CCC(C)(c2ccc(CCC(C#N)NC(=O)C3N(C(=O)OC(C)(C)C)C45CCC34C5)c(F)c2)CC1. The Morgan fingerprint density at radius 2 is 1.95 bits per heavy atom. The fraction of sp³-hybridized carbons (Fsp3) is 0.690. The minimum Gasteiger partial charge on any atom is -0.444 e. The van der Waals surface area contributed by atoms with E-state index in [9.17, 15) is 14.9 Å². The van der Waals surface area contributed by atoms with Gasteiger partial charge in [0.2, 0.25) is 5.91 Å². The van der Waals surface area contributed by atoms with Gasteiger partial charge in [-0.15, -0.1) is 0 Å². The molecule has 37 heavy (non-hydrogen) atoms. The van der Waals surface area contributed by atoms with E-state index in [2.05, 4.69) is 30.3 Å². The lowest BCUT2D eigenvalue weighted by Gasteiger charge is -2.59. The van der Waals surface area contributed by atoms with E-state index in [0.717, 1.165) is 50.8 Å². The van der Waals surface area contributed by atoms with Crippen LogP contribution in [0.1, 0.15) is 77.3 Å². The smallest absolute Gasteiger partial charge is 0.411 e. The van der Waals surface area contributed by atoms with Crippen molar-refractivity contribution >= 4 is 12.0 Å². The van der Waals surface area contributed by atoms with Crippen LogP contribution < -0.4 is 5.32 Å². The highest BCUT2D eigenvalue weighted by Crippen LogP contribution is 2.83. The molecule has 2 aliphatic carbocycles. The number of amides is 2. The van der Waals surface area contributed by atoms with Crippen LogP contribution in [0, 0.1) is 22.6 Å². The number of aryl methyl sites for hydroxylation is 1. The van der Waals surface area contributed by atoms with Crippen molar-refractivity contribution in [2.45, 2.75) is 101 Å². The molecule has 1 aromatic rings. The van der Waals surface area contributed by atoms with Crippen LogP contribution in [0.15, 0.2) is 18.2 Å². The Kier molecular flexibility index (Phi) is 6.10. The third kappa shape index (κ3) is 4.20. The second-order valence-corrected chi connectivity index (χ2v) is 13.0. The molecule has 1 N–H and O–H groups in total. The zero-order chi connectivity index (χ0) is 26.8. The first kappa shape index (κ1) is 26.0. The number of carbonyl (C=O) groups is 2. The van der Waals surface area contributed by atoms with Gasteiger partial charge in [-0.2, -0.15) is 5.26 Å². The molecule has 1 aromatic carbocycles. The molecule has 8 heteroatoms. The van der Waals surface area contributed by atoms with Crippen molar-refractivity contribution in [1.29, 1.82) is 5.26 Å². The number of likely N-dealkylation sites (tertiary alicyclic amines) is 2. The van der Waals surface area contributed by atoms with Gasteiger partial charge in [0.15, 0.2) is 0 Å². The number of benzene rings is 1. The standard InChI is InChI=1S/C29H39FN4O3/c1-26(2,3)37-25(36)34-23(28-10-11-29(28,34)18-28)24(35)32-21(17-31)9-7-19-6-8-20(16-22(19)30)27(4)12-14-33(5)15-13-27/h6,8,16,21,23H,7,9-15,18H2,1-5H3,(H,32,35). The van der Waals surface area contributed by atoms with E-state index in [1.807, 2.05) is 32.9 Å². The molecule has 0 radical (unpaired) electrons. The maximum atomic E-state index is 15.1. The third-order valence-corrected chi connectivity index (χ3v) is 9.49. The van der Waals surface area contributed by atoms with Gasteiger partial charge in [-0.05, 0) is 108 Å². The van der Waals surface area contributed by atoms with Gasteiger partial charge in [-0.3, -0.25) is 9.69 Å². The Bertz CT molecular complexity index is 1150. The van der Waals surface area contributed by atoms with Crippen LogP contribution in [-0.2, 0) is 21.4 Å². The molecule has 4 atom stereocenters. The fourth-order valence-electron chi connectivity index (χ4n) is 6.96. The number of rotatable bonds is 6. The maximum Gasteiger partial charge on any atom is 0.411 e. The first-order chi connectivity index (χ1) is 17.3. The molecule has 2 heterocycles. The van der Waals surface area contributed by atoms with Crippen LogP contribution in [0.2, 0.25) is 0 Å². The predicted octanol–water partition coefficient (Wildman–Crippen LogP) is 4.29. The average molecular weight is 511 g/mol. The Balaban J connectivity index is 1.20. The molecule has 4 aliphatic rings. The number of halogens is 1. The fourth-order valence-corrected chi connectivity index (χ4v) is 6.96. The summed E-state index contributed by atoms with van der Waals surface area (Å²) in [6.07, 6.45) is 4.80. The highest BCUT2D eigenvalue weighted by Gasteiger charge is 2.91. The normalized spacial score (nSPS) is 30.5. The van der Waals surface area contributed by atoms with Crippen molar-refractivity contribution in [2.75, 3.05) is 20.1 Å². The first-order valence-electron chi connectivity index (χ1n) is 13.5. The number of nitrogens with one attached hydrogen (secondary N) is 1. The number of carbonyl (C=O) groups excluding carboxylic acids is 2. The zero-order valence-corrected chi connectivity index (χ0v) is 22.7. The molecule has 2 aliphatic heterocycles. The van der Waals surface area contributed by atoms with E-state index in [0.29, 0.717) is 18.4 Å². The minimum absolute atomic E-state index is 0.0309. The monoisotopic (exact) mass is 510 g/mol. The maximum absolute atomic E-state index is 15.1. The summed E-state index contributed by atoms with van der Waals surface area (Å²) in [6.45, 7) is 9.63. The molecule has 200 valence electrons. The van der Waals surface area contributed by atoms with Crippen molar-refractivity contribution in [3.05, 3.63) is 35.1 Å². The molecule has 2 saturated heterocycles. The van der Waals surface area contributed by atoms with Crippen molar-refractivity contribution in [3.63, 3.8) is 0 Å². The lowest BCUT2D eigenvalue weighted by molar-refractivity contribution is -0.155. The molecule has 4 unspecified atom stereocenters. The van der Waals surface area contributed by atoms with E-state index in [4.69, 9.17) is 4.74 Å². The van der Waals surface area contributed by atoms with E-state index in [1.54, 1.807) is 11.0 Å². The van der Waals surface area contributed by atoms with Crippen molar-refractivity contribution < 1.29 is 18.7 Å². The lowest BCUT2D eigenvalue weighted by atomic mass is 9.65. The second-order valence-electron chi connectivity index (χ2n) is 13.0. The summed E-state index contributed by atoms with van der Waals surface area (Å²) in [5.41, 5.74) is 0.510. The van der Waals surface area contributed by atoms with E-state index in [1.165, 1.54) is 0 Å². The Morgan fingerprint density at radius 3 is 2.51 bits per heavy atom. The highest BCUT2D eigenvalue weighted by atomic mass is 19.1. The van der Waals surface area contributed by atoms with Crippen LogP contribution in [0.25, 0.3) is 0 Å². The predicted molar refractivity (Wildman–Crippen MR) is 137 cm³/mol.